The Hall–Kier alpha value is 0.359. The topological polar surface area (TPSA) is 30.5 Å². The van der Waals surface area contributed by atoms with Crippen molar-refractivity contribution in [2.24, 2.45) is 0 Å². The normalized spacial score (nSPS) is 8.73. The summed E-state index contributed by atoms with van der Waals surface area (Å²) in [5.74, 6) is 0. The second-order valence-electron chi connectivity index (χ2n) is 2.24. The minimum absolute atomic E-state index is 0. The Labute approximate surface area is 80.7 Å². The summed E-state index contributed by atoms with van der Waals surface area (Å²) in [5.41, 5.74) is 5.72. The average Bonchev–Trinajstić information content (AvgIpc) is 1.89. The van der Waals surface area contributed by atoms with Crippen molar-refractivity contribution < 1.29 is 0 Å². The molecule has 5 heteroatoms. The number of nitrogens with one attached hydrogen (secondary N) is 2. The number of rotatable bonds is 2. The van der Waals surface area contributed by atoms with Crippen molar-refractivity contribution >= 4 is 17.1 Å². The molecule has 0 fully saturated rings. The molecule has 0 spiro atoms. The molecule has 0 saturated carbocycles. The molecule has 0 aliphatic heterocycles. The molecule has 0 aromatic carbocycles. The second kappa shape index (κ2) is 13.0. The standard InChI is InChI=1S/2C3H10N2.Se/c2*1-4-5(2)3;/h2*4H,1-3H3;. The molecule has 0 amide bonds. The third-order valence-corrected chi connectivity index (χ3v) is 0.894. The van der Waals surface area contributed by atoms with Crippen LogP contribution in [-0.2, 0) is 0 Å². The third-order valence-electron chi connectivity index (χ3n) is 0.894. The van der Waals surface area contributed by atoms with Crippen LogP contribution in [0.25, 0.3) is 0 Å². The van der Waals surface area contributed by atoms with Crippen LogP contribution in [-0.4, -0.2) is 69.4 Å². The van der Waals surface area contributed by atoms with E-state index in [4.69, 9.17) is 0 Å². The summed E-state index contributed by atoms with van der Waals surface area (Å²) in [5, 5.41) is 3.75. The molecule has 0 aliphatic carbocycles. The van der Waals surface area contributed by atoms with E-state index in [1.165, 1.54) is 0 Å². The van der Waals surface area contributed by atoms with Gasteiger partial charge >= 0.3 is 0 Å². The zero-order valence-corrected chi connectivity index (χ0v) is 10.0. The Bertz CT molecular complexity index is 50.5. The van der Waals surface area contributed by atoms with Gasteiger partial charge in [0, 0.05) is 45.3 Å². The van der Waals surface area contributed by atoms with Gasteiger partial charge in [0.1, 0.15) is 0 Å². The molecular formula is C6H20N4Se. The Morgan fingerprint density at radius 1 is 0.727 bits per heavy atom. The van der Waals surface area contributed by atoms with E-state index in [2.05, 4.69) is 10.9 Å². The quantitative estimate of drug-likeness (QED) is 0.467. The van der Waals surface area contributed by atoms with Crippen molar-refractivity contribution in [3.8, 4) is 0 Å². The molecule has 11 heavy (non-hydrogen) atoms. The average molecular weight is 227 g/mol. The molecule has 0 bridgehead atoms. The van der Waals surface area contributed by atoms with E-state index in [-0.39, 0.29) is 17.1 Å². The fraction of sp³-hybridized carbons (Fsp3) is 1.00. The molecule has 2 N–H and O–H groups in total. The van der Waals surface area contributed by atoms with E-state index in [1.54, 1.807) is 0 Å². The molecule has 0 heterocycles. The number of hydrogen-bond acceptors (Lipinski definition) is 4. The largest absolute Gasteiger partial charge is 0.259 e. The monoisotopic (exact) mass is 228 g/mol. The summed E-state index contributed by atoms with van der Waals surface area (Å²) in [6, 6.07) is 0. The fourth-order valence-corrected chi connectivity index (χ4v) is 0. The first kappa shape index (κ1) is 17.4. The van der Waals surface area contributed by atoms with Crippen LogP contribution >= 0.6 is 0 Å². The summed E-state index contributed by atoms with van der Waals surface area (Å²) in [6.45, 7) is 0. The van der Waals surface area contributed by atoms with Gasteiger partial charge in [-0.25, -0.2) is 0 Å². The van der Waals surface area contributed by atoms with Crippen molar-refractivity contribution in [1.29, 1.82) is 0 Å². The van der Waals surface area contributed by atoms with Crippen molar-refractivity contribution in [1.82, 2.24) is 20.9 Å². The first-order chi connectivity index (χ1) is 4.54. The van der Waals surface area contributed by atoms with Crippen LogP contribution in [0.2, 0.25) is 0 Å². The Kier molecular flexibility index (Phi) is 20.6. The minimum atomic E-state index is 0. The van der Waals surface area contributed by atoms with Gasteiger partial charge in [-0.3, -0.25) is 20.9 Å². The van der Waals surface area contributed by atoms with Crippen molar-refractivity contribution in [3.05, 3.63) is 0 Å². The first-order valence-corrected chi connectivity index (χ1v) is 3.24. The van der Waals surface area contributed by atoms with Gasteiger partial charge in [0.25, 0.3) is 0 Å². The van der Waals surface area contributed by atoms with Crippen molar-refractivity contribution in [3.63, 3.8) is 0 Å². The smallest absolute Gasteiger partial charge is 0.00128 e. The predicted molar refractivity (Wildman–Crippen MR) is 51.2 cm³/mol. The summed E-state index contributed by atoms with van der Waals surface area (Å²) >= 11 is 0. The molecule has 4 nitrogen and oxygen atoms in total. The van der Waals surface area contributed by atoms with E-state index in [0.29, 0.717) is 0 Å². The Balaban J connectivity index is -0.000000107. The Morgan fingerprint density at radius 2 is 0.818 bits per heavy atom. The minimum Gasteiger partial charge on any atom is -0.259 e. The van der Waals surface area contributed by atoms with Crippen LogP contribution < -0.4 is 10.9 Å². The molecule has 0 aliphatic rings. The molecule has 0 unspecified atom stereocenters. The fourth-order valence-electron chi connectivity index (χ4n) is 0. The van der Waals surface area contributed by atoms with E-state index in [0.717, 1.165) is 0 Å². The van der Waals surface area contributed by atoms with E-state index in [1.807, 2.05) is 52.3 Å². The molecule has 0 rings (SSSR count). The van der Waals surface area contributed by atoms with Gasteiger partial charge in [-0.1, -0.05) is 0 Å². The van der Waals surface area contributed by atoms with Gasteiger partial charge in [0.15, 0.2) is 0 Å². The van der Waals surface area contributed by atoms with Crippen LogP contribution in [0.4, 0.5) is 0 Å². The second-order valence-corrected chi connectivity index (χ2v) is 2.24. The first-order valence-electron chi connectivity index (χ1n) is 3.24. The maximum atomic E-state index is 2.86. The Morgan fingerprint density at radius 3 is 0.818 bits per heavy atom. The van der Waals surface area contributed by atoms with Crippen molar-refractivity contribution in [2.75, 3.05) is 42.3 Å². The molecule has 70 valence electrons. The van der Waals surface area contributed by atoms with Gasteiger partial charge in [0.05, 0.1) is 0 Å². The van der Waals surface area contributed by atoms with Gasteiger partial charge in [-0.2, -0.15) is 0 Å². The van der Waals surface area contributed by atoms with Crippen LogP contribution in [0.1, 0.15) is 0 Å². The van der Waals surface area contributed by atoms with Gasteiger partial charge in [-0.15, -0.1) is 0 Å². The van der Waals surface area contributed by atoms with Gasteiger partial charge in [0.2, 0.25) is 0 Å². The summed E-state index contributed by atoms with van der Waals surface area (Å²) in [6.07, 6.45) is 0. The predicted octanol–water partition coefficient (Wildman–Crippen LogP) is -1.02. The van der Waals surface area contributed by atoms with Crippen molar-refractivity contribution in [2.45, 2.75) is 0 Å². The molecule has 0 saturated heterocycles. The SMILES string of the molecule is CNN(C)C.CNN(C)C.[Se]. The number of nitrogens with zero attached hydrogens (tertiary/aromatic N) is 2. The molecule has 0 aromatic heterocycles. The summed E-state index contributed by atoms with van der Waals surface area (Å²) in [7, 11) is 11.5. The number of hydrazine groups is 2. The molecular weight excluding hydrogens is 207 g/mol. The third kappa shape index (κ3) is 38.1. The van der Waals surface area contributed by atoms with Crippen LogP contribution in [0.3, 0.4) is 0 Å². The van der Waals surface area contributed by atoms with Gasteiger partial charge < -0.3 is 0 Å². The zero-order valence-electron chi connectivity index (χ0n) is 8.30. The summed E-state index contributed by atoms with van der Waals surface area (Å²) in [4.78, 5) is 0. The number of hydrogen-bond donors (Lipinski definition) is 2. The maximum Gasteiger partial charge on any atom is 0.00128 e. The summed E-state index contributed by atoms with van der Waals surface area (Å²) < 4.78 is 0. The zero-order chi connectivity index (χ0) is 8.57. The van der Waals surface area contributed by atoms with Crippen LogP contribution in [0.5, 0.6) is 0 Å². The van der Waals surface area contributed by atoms with Crippen LogP contribution in [0.15, 0.2) is 0 Å². The van der Waals surface area contributed by atoms with E-state index >= 15 is 0 Å². The molecule has 0 atom stereocenters. The van der Waals surface area contributed by atoms with E-state index in [9.17, 15) is 0 Å². The molecule has 0 aromatic rings. The maximum absolute atomic E-state index is 2.86. The molecule has 2 radical (unpaired) electrons. The van der Waals surface area contributed by atoms with Crippen LogP contribution in [0, 0.1) is 0 Å². The van der Waals surface area contributed by atoms with Gasteiger partial charge in [-0.05, 0) is 14.1 Å². The van der Waals surface area contributed by atoms with E-state index < -0.39 is 0 Å².